The molecule has 0 aromatic carbocycles. The smallest absolute Gasteiger partial charge is 0.0158 e. The molecule has 1 nitrogen and oxygen atoms in total. The highest BCUT2D eigenvalue weighted by Gasteiger charge is 2.21. The Labute approximate surface area is 92.4 Å². The highest BCUT2D eigenvalue weighted by Crippen LogP contribution is 2.32. The molecule has 1 saturated heterocycles. The van der Waals surface area contributed by atoms with Crippen molar-refractivity contribution in [1.29, 1.82) is 0 Å². The van der Waals surface area contributed by atoms with Crippen molar-refractivity contribution in [2.75, 3.05) is 12.3 Å². The Morgan fingerprint density at radius 1 is 1.21 bits per heavy atom. The number of thioether (sulfide) groups is 1. The SMILES string of the molecule is CC1CCCC(SCC2CCCN2)C1. The van der Waals surface area contributed by atoms with Crippen molar-refractivity contribution in [2.45, 2.75) is 56.7 Å². The van der Waals surface area contributed by atoms with Crippen molar-refractivity contribution in [3.63, 3.8) is 0 Å². The molecule has 3 atom stereocenters. The largest absolute Gasteiger partial charge is 0.313 e. The number of nitrogens with one attached hydrogen (secondary N) is 1. The van der Waals surface area contributed by atoms with Gasteiger partial charge in [0.15, 0.2) is 0 Å². The Hall–Kier alpha value is 0.310. The van der Waals surface area contributed by atoms with E-state index in [2.05, 4.69) is 24.0 Å². The lowest BCUT2D eigenvalue weighted by molar-refractivity contribution is 0.394. The van der Waals surface area contributed by atoms with Crippen LogP contribution in [0.2, 0.25) is 0 Å². The minimum atomic E-state index is 0.831. The summed E-state index contributed by atoms with van der Waals surface area (Å²) in [6, 6.07) is 0.831. The zero-order chi connectivity index (χ0) is 9.80. The summed E-state index contributed by atoms with van der Waals surface area (Å²) in [6.07, 6.45) is 8.69. The average Bonchev–Trinajstić information content (AvgIpc) is 2.67. The maximum absolute atomic E-state index is 3.59. The third kappa shape index (κ3) is 3.16. The zero-order valence-electron chi connectivity index (χ0n) is 9.30. The fourth-order valence-corrected chi connectivity index (χ4v) is 4.27. The number of hydrogen-bond acceptors (Lipinski definition) is 2. The molecule has 14 heavy (non-hydrogen) atoms. The fourth-order valence-electron chi connectivity index (χ4n) is 2.68. The van der Waals surface area contributed by atoms with Gasteiger partial charge in [0.05, 0.1) is 0 Å². The van der Waals surface area contributed by atoms with E-state index in [9.17, 15) is 0 Å². The fraction of sp³-hybridized carbons (Fsp3) is 1.00. The van der Waals surface area contributed by atoms with Gasteiger partial charge in [0, 0.05) is 17.0 Å². The van der Waals surface area contributed by atoms with Crippen LogP contribution in [0.15, 0.2) is 0 Å². The summed E-state index contributed by atoms with van der Waals surface area (Å²) in [6.45, 7) is 3.67. The minimum absolute atomic E-state index is 0.831. The maximum Gasteiger partial charge on any atom is 0.0158 e. The van der Waals surface area contributed by atoms with Gasteiger partial charge in [0.1, 0.15) is 0 Å². The molecule has 1 aliphatic carbocycles. The molecule has 0 bridgehead atoms. The van der Waals surface area contributed by atoms with Crippen LogP contribution in [0, 0.1) is 5.92 Å². The number of hydrogen-bond donors (Lipinski definition) is 1. The van der Waals surface area contributed by atoms with E-state index in [1.165, 1.54) is 50.8 Å². The van der Waals surface area contributed by atoms with Crippen LogP contribution in [0.5, 0.6) is 0 Å². The van der Waals surface area contributed by atoms with Gasteiger partial charge in [-0.25, -0.2) is 0 Å². The second-order valence-corrected chi connectivity index (χ2v) is 6.35. The molecule has 1 heterocycles. The van der Waals surface area contributed by atoms with Gasteiger partial charge in [0.2, 0.25) is 0 Å². The van der Waals surface area contributed by atoms with Crippen LogP contribution >= 0.6 is 11.8 Å². The number of rotatable bonds is 3. The summed E-state index contributed by atoms with van der Waals surface area (Å²) in [5.41, 5.74) is 0. The van der Waals surface area contributed by atoms with Crippen molar-refractivity contribution >= 4 is 11.8 Å². The topological polar surface area (TPSA) is 12.0 Å². The highest BCUT2D eigenvalue weighted by molar-refractivity contribution is 7.99. The lowest BCUT2D eigenvalue weighted by Gasteiger charge is -2.27. The second-order valence-electron chi connectivity index (χ2n) is 5.02. The molecule has 0 radical (unpaired) electrons. The molecule has 0 amide bonds. The summed E-state index contributed by atoms with van der Waals surface area (Å²) in [5.74, 6) is 2.34. The predicted molar refractivity (Wildman–Crippen MR) is 64.9 cm³/mol. The molecule has 2 heteroatoms. The van der Waals surface area contributed by atoms with Crippen molar-refractivity contribution < 1.29 is 0 Å². The van der Waals surface area contributed by atoms with E-state index in [0.29, 0.717) is 0 Å². The Morgan fingerprint density at radius 2 is 2.14 bits per heavy atom. The first kappa shape index (κ1) is 10.8. The Bertz CT molecular complexity index is 166. The van der Waals surface area contributed by atoms with Crippen molar-refractivity contribution in [2.24, 2.45) is 5.92 Å². The van der Waals surface area contributed by atoms with Crippen LogP contribution < -0.4 is 5.32 Å². The first-order valence-electron chi connectivity index (χ1n) is 6.19. The Balaban J connectivity index is 1.64. The van der Waals surface area contributed by atoms with Crippen LogP contribution in [0.4, 0.5) is 0 Å². The molecule has 1 N–H and O–H groups in total. The average molecular weight is 213 g/mol. The molecule has 3 unspecified atom stereocenters. The van der Waals surface area contributed by atoms with E-state index >= 15 is 0 Å². The summed E-state index contributed by atoms with van der Waals surface area (Å²) < 4.78 is 0. The molecule has 0 spiro atoms. The quantitative estimate of drug-likeness (QED) is 0.773. The third-order valence-corrected chi connectivity index (χ3v) is 5.08. The van der Waals surface area contributed by atoms with Crippen LogP contribution in [-0.2, 0) is 0 Å². The summed E-state index contributed by atoms with van der Waals surface area (Å²) in [5, 5.41) is 4.56. The molecule has 2 fully saturated rings. The predicted octanol–water partition coefficient (Wildman–Crippen LogP) is 3.05. The molecule has 0 aromatic heterocycles. The second kappa shape index (κ2) is 5.41. The van der Waals surface area contributed by atoms with E-state index in [1.807, 2.05) is 0 Å². The minimum Gasteiger partial charge on any atom is -0.313 e. The first-order chi connectivity index (χ1) is 6.84. The standard InChI is InChI=1S/C12H23NS/c1-10-4-2-6-12(8-10)14-9-11-5-3-7-13-11/h10-13H,2-9H2,1H3. The van der Waals surface area contributed by atoms with E-state index in [1.54, 1.807) is 0 Å². The van der Waals surface area contributed by atoms with Gasteiger partial charge in [-0.05, 0) is 38.1 Å². The Kier molecular flexibility index (Phi) is 4.18. The lowest BCUT2D eigenvalue weighted by atomic mass is 9.91. The van der Waals surface area contributed by atoms with Crippen molar-refractivity contribution in [3.05, 3.63) is 0 Å². The van der Waals surface area contributed by atoms with Crippen LogP contribution in [0.3, 0.4) is 0 Å². The Morgan fingerprint density at radius 3 is 2.86 bits per heavy atom. The van der Waals surface area contributed by atoms with Gasteiger partial charge in [-0.3, -0.25) is 0 Å². The van der Waals surface area contributed by atoms with Crippen LogP contribution in [0.25, 0.3) is 0 Å². The molecule has 82 valence electrons. The maximum atomic E-state index is 3.59. The van der Waals surface area contributed by atoms with E-state index in [-0.39, 0.29) is 0 Å². The summed E-state index contributed by atoms with van der Waals surface area (Å²) >= 11 is 2.24. The van der Waals surface area contributed by atoms with E-state index < -0.39 is 0 Å². The van der Waals surface area contributed by atoms with Crippen molar-refractivity contribution in [1.82, 2.24) is 5.32 Å². The highest BCUT2D eigenvalue weighted by atomic mass is 32.2. The molecule has 1 aliphatic heterocycles. The monoisotopic (exact) mass is 213 g/mol. The first-order valence-corrected chi connectivity index (χ1v) is 7.24. The zero-order valence-corrected chi connectivity index (χ0v) is 10.1. The third-order valence-electron chi connectivity index (χ3n) is 3.58. The normalized spacial score (nSPS) is 38.8. The van der Waals surface area contributed by atoms with Gasteiger partial charge in [-0.15, -0.1) is 0 Å². The molecule has 2 aliphatic rings. The molecular formula is C12H23NS. The van der Waals surface area contributed by atoms with Crippen LogP contribution in [0.1, 0.15) is 45.4 Å². The molecular weight excluding hydrogens is 190 g/mol. The summed E-state index contributed by atoms with van der Waals surface area (Å²) in [4.78, 5) is 0. The van der Waals surface area contributed by atoms with Gasteiger partial charge < -0.3 is 5.32 Å². The summed E-state index contributed by atoms with van der Waals surface area (Å²) in [7, 11) is 0. The van der Waals surface area contributed by atoms with Gasteiger partial charge in [-0.1, -0.05) is 19.8 Å². The van der Waals surface area contributed by atoms with Gasteiger partial charge >= 0.3 is 0 Å². The van der Waals surface area contributed by atoms with Gasteiger partial charge in [-0.2, -0.15) is 11.8 Å². The van der Waals surface area contributed by atoms with E-state index in [0.717, 1.165) is 17.2 Å². The van der Waals surface area contributed by atoms with Crippen LogP contribution in [-0.4, -0.2) is 23.6 Å². The molecule has 0 aromatic rings. The van der Waals surface area contributed by atoms with Gasteiger partial charge in [0.25, 0.3) is 0 Å². The molecule has 1 saturated carbocycles. The van der Waals surface area contributed by atoms with Crippen molar-refractivity contribution in [3.8, 4) is 0 Å². The lowest BCUT2D eigenvalue weighted by Crippen LogP contribution is -2.26. The van der Waals surface area contributed by atoms with E-state index in [4.69, 9.17) is 0 Å². The molecule has 2 rings (SSSR count).